The number of nitrogens with one attached hydrogen (secondary N) is 1. The fourth-order valence-corrected chi connectivity index (χ4v) is 2.95. The van der Waals surface area contributed by atoms with Crippen LogP contribution in [0.1, 0.15) is 5.56 Å². The Hall–Kier alpha value is -2.78. The second-order valence-corrected chi connectivity index (χ2v) is 6.67. The summed E-state index contributed by atoms with van der Waals surface area (Å²) in [5.41, 5.74) is 1.42. The van der Waals surface area contributed by atoms with Gasteiger partial charge < -0.3 is 10.1 Å². The highest BCUT2D eigenvalue weighted by Crippen LogP contribution is 2.20. The molecular formula is C16H14ClN5O3S. The quantitative estimate of drug-likeness (QED) is 0.648. The Balaban J connectivity index is 1.48. The number of aryl methyl sites for hydroxylation is 1. The molecule has 3 rings (SSSR count). The van der Waals surface area contributed by atoms with Gasteiger partial charge in [0.15, 0.2) is 13.2 Å². The van der Waals surface area contributed by atoms with E-state index in [9.17, 15) is 9.59 Å². The van der Waals surface area contributed by atoms with Crippen molar-refractivity contribution >= 4 is 40.5 Å². The van der Waals surface area contributed by atoms with E-state index >= 15 is 0 Å². The van der Waals surface area contributed by atoms with Gasteiger partial charge in [0.05, 0.1) is 4.88 Å². The summed E-state index contributed by atoms with van der Waals surface area (Å²) >= 11 is 7.34. The standard InChI is InChI=1S/C16H14ClN5O3S/c1-10-7-11(17)4-5-12(10)18-14(23)9-25-15(24)8-22-20-16(19-21-22)13-3-2-6-26-13/h2-7H,8-9H2,1H3,(H,18,23). The number of rotatable bonds is 6. The van der Waals surface area contributed by atoms with Gasteiger partial charge in [-0.05, 0) is 47.3 Å². The van der Waals surface area contributed by atoms with Crippen molar-refractivity contribution in [2.75, 3.05) is 11.9 Å². The Morgan fingerprint density at radius 3 is 2.92 bits per heavy atom. The van der Waals surface area contributed by atoms with Crippen LogP contribution in [0.5, 0.6) is 0 Å². The van der Waals surface area contributed by atoms with Crippen molar-refractivity contribution in [1.29, 1.82) is 0 Å². The third-order valence-electron chi connectivity index (χ3n) is 3.29. The van der Waals surface area contributed by atoms with Crippen molar-refractivity contribution in [3.05, 3.63) is 46.3 Å². The van der Waals surface area contributed by atoms with Crippen LogP contribution >= 0.6 is 22.9 Å². The average Bonchev–Trinajstić information content (AvgIpc) is 3.27. The van der Waals surface area contributed by atoms with Crippen molar-refractivity contribution in [2.45, 2.75) is 13.5 Å². The second-order valence-electron chi connectivity index (χ2n) is 5.29. The summed E-state index contributed by atoms with van der Waals surface area (Å²) in [6.07, 6.45) is 0. The third-order valence-corrected chi connectivity index (χ3v) is 4.39. The fraction of sp³-hybridized carbons (Fsp3) is 0.188. The number of hydrogen-bond acceptors (Lipinski definition) is 7. The molecule has 2 aromatic heterocycles. The molecule has 134 valence electrons. The molecule has 3 aromatic rings. The van der Waals surface area contributed by atoms with E-state index in [1.165, 1.54) is 11.3 Å². The second kappa shape index (κ2) is 8.07. The van der Waals surface area contributed by atoms with Gasteiger partial charge in [-0.3, -0.25) is 4.79 Å². The zero-order valence-corrected chi connectivity index (χ0v) is 15.3. The summed E-state index contributed by atoms with van der Waals surface area (Å²) in [6, 6.07) is 8.80. The van der Waals surface area contributed by atoms with Gasteiger partial charge in [-0.1, -0.05) is 17.7 Å². The summed E-state index contributed by atoms with van der Waals surface area (Å²) in [4.78, 5) is 25.7. The van der Waals surface area contributed by atoms with Crippen molar-refractivity contribution in [2.24, 2.45) is 0 Å². The molecule has 1 amide bonds. The minimum Gasteiger partial charge on any atom is -0.454 e. The maximum Gasteiger partial charge on any atom is 0.330 e. The Bertz CT molecular complexity index is 926. The molecule has 26 heavy (non-hydrogen) atoms. The Morgan fingerprint density at radius 2 is 2.19 bits per heavy atom. The van der Waals surface area contributed by atoms with Crippen LogP contribution in [-0.4, -0.2) is 38.7 Å². The van der Waals surface area contributed by atoms with E-state index in [0.717, 1.165) is 15.2 Å². The first kappa shape index (κ1) is 18.0. The van der Waals surface area contributed by atoms with Crippen LogP contribution in [-0.2, 0) is 20.9 Å². The summed E-state index contributed by atoms with van der Waals surface area (Å²) in [6.45, 7) is 1.17. The minimum atomic E-state index is -0.636. The van der Waals surface area contributed by atoms with Gasteiger partial charge in [0.2, 0.25) is 5.82 Å². The predicted molar refractivity (Wildman–Crippen MR) is 96.9 cm³/mol. The molecule has 0 radical (unpaired) electrons. The average molecular weight is 392 g/mol. The highest BCUT2D eigenvalue weighted by molar-refractivity contribution is 7.13. The van der Waals surface area contributed by atoms with Gasteiger partial charge in [0.25, 0.3) is 5.91 Å². The van der Waals surface area contributed by atoms with E-state index in [0.29, 0.717) is 16.5 Å². The van der Waals surface area contributed by atoms with E-state index in [-0.39, 0.29) is 6.54 Å². The largest absolute Gasteiger partial charge is 0.454 e. The molecule has 0 unspecified atom stereocenters. The maximum absolute atomic E-state index is 11.9. The van der Waals surface area contributed by atoms with Gasteiger partial charge in [-0.25, -0.2) is 4.79 Å². The Morgan fingerprint density at radius 1 is 1.35 bits per heavy atom. The predicted octanol–water partition coefficient (Wildman–Crippen LogP) is 2.55. The molecule has 0 aliphatic rings. The van der Waals surface area contributed by atoms with Crippen LogP contribution in [0.4, 0.5) is 5.69 Å². The van der Waals surface area contributed by atoms with Gasteiger partial charge in [0, 0.05) is 10.7 Å². The number of esters is 1. The third kappa shape index (κ3) is 4.64. The normalized spacial score (nSPS) is 10.5. The van der Waals surface area contributed by atoms with Crippen LogP contribution < -0.4 is 5.32 Å². The molecule has 0 spiro atoms. The molecule has 0 aliphatic heterocycles. The fourth-order valence-electron chi connectivity index (χ4n) is 2.08. The van der Waals surface area contributed by atoms with Crippen LogP contribution in [0, 0.1) is 6.92 Å². The van der Waals surface area contributed by atoms with Crippen molar-refractivity contribution in [1.82, 2.24) is 20.2 Å². The van der Waals surface area contributed by atoms with Crippen LogP contribution in [0.15, 0.2) is 35.7 Å². The molecule has 0 bridgehead atoms. The molecule has 10 heteroatoms. The molecule has 0 atom stereocenters. The number of carbonyl (C=O) groups is 2. The molecule has 1 aromatic carbocycles. The Kier molecular flexibility index (Phi) is 5.59. The number of ether oxygens (including phenoxy) is 1. The molecule has 0 saturated carbocycles. The number of thiophene rings is 1. The monoisotopic (exact) mass is 391 g/mol. The molecule has 0 saturated heterocycles. The number of carbonyl (C=O) groups excluding carboxylic acids is 2. The molecular weight excluding hydrogens is 378 g/mol. The summed E-state index contributed by atoms with van der Waals surface area (Å²) in [5.74, 6) is -0.651. The number of anilines is 1. The van der Waals surface area contributed by atoms with Gasteiger partial charge in [0.1, 0.15) is 0 Å². The smallest absolute Gasteiger partial charge is 0.330 e. The highest BCUT2D eigenvalue weighted by Gasteiger charge is 2.13. The first-order chi connectivity index (χ1) is 12.5. The van der Waals surface area contributed by atoms with Crippen molar-refractivity contribution in [3.8, 4) is 10.7 Å². The highest BCUT2D eigenvalue weighted by atomic mass is 35.5. The first-order valence-electron chi connectivity index (χ1n) is 7.54. The van der Waals surface area contributed by atoms with E-state index in [1.807, 2.05) is 24.4 Å². The van der Waals surface area contributed by atoms with Crippen molar-refractivity contribution < 1.29 is 14.3 Å². The van der Waals surface area contributed by atoms with Gasteiger partial charge >= 0.3 is 5.97 Å². The molecule has 1 N–H and O–H groups in total. The van der Waals surface area contributed by atoms with Crippen LogP contribution in [0.3, 0.4) is 0 Å². The minimum absolute atomic E-state index is 0.231. The summed E-state index contributed by atoms with van der Waals surface area (Å²) < 4.78 is 4.94. The lowest BCUT2D eigenvalue weighted by Crippen LogP contribution is -2.24. The van der Waals surface area contributed by atoms with Crippen LogP contribution in [0.25, 0.3) is 10.7 Å². The Labute approximate surface area is 157 Å². The zero-order valence-electron chi connectivity index (χ0n) is 13.7. The van der Waals surface area contributed by atoms with E-state index in [2.05, 4.69) is 20.7 Å². The topological polar surface area (TPSA) is 99.0 Å². The van der Waals surface area contributed by atoms with Gasteiger partial charge in [-0.2, -0.15) is 4.80 Å². The number of aromatic nitrogens is 4. The molecule has 0 fully saturated rings. The lowest BCUT2D eigenvalue weighted by Gasteiger charge is -2.09. The molecule has 0 aliphatic carbocycles. The number of halogens is 1. The van der Waals surface area contributed by atoms with Gasteiger partial charge in [-0.15, -0.1) is 21.5 Å². The number of hydrogen-bond donors (Lipinski definition) is 1. The summed E-state index contributed by atoms with van der Waals surface area (Å²) in [5, 5.41) is 16.9. The number of nitrogens with zero attached hydrogens (tertiary/aromatic N) is 4. The van der Waals surface area contributed by atoms with E-state index in [4.69, 9.17) is 16.3 Å². The summed E-state index contributed by atoms with van der Waals surface area (Å²) in [7, 11) is 0. The molecule has 8 nitrogen and oxygen atoms in total. The van der Waals surface area contributed by atoms with E-state index < -0.39 is 18.5 Å². The lowest BCUT2D eigenvalue weighted by atomic mass is 10.2. The first-order valence-corrected chi connectivity index (χ1v) is 8.80. The number of benzene rings is 1. The van der Waals surface area contributed by atoms with E-state index in [1.54, 1.807) is 18.2 Å². The number of tetrazole rings is 1. The van der Waals surface area contributed by atoms with Crippen molar-refractivity contribution in [3.63, 3.8) is 0 Å². The number of amides is 1. The molecule has 2 heterocycles. The maximum atomic E-state index is 11.9. The van der Waals surface area contributed by atoms with Crippen LogP contribution in [0.2, 0.25) is 5.02 Å². The SMILES string of the molecule is Cc1cc(Cl)ccc1NC(=O)COC(=O)Cn1nnc(-c2cccs2)n1. The zero-order chi connectivity index (χ0) is 18.5. The lowest BCUT2D eigenvalue weighted by molar-refractivity contribution is -0.148.